The molecule has 1 aliphatic carbocycles. The molecule has 2 N–H and O–H groups in total. The largest absolute Gasteiger partial charge is 0.480 e. The molecule has 1 unspecified atom stereocenters. The van der Waals surface area contributed by atoms with Crippen molar-refractivity contribution in [1.29, 1.82) is 0 Å². The van der Waals surface area contributed by atoms with Gasteiger partial charge in [0, 0.05) is 19.2 Å². The SMILES string of the molecule is O=C(O)C1(C(=O)N2CCCCC2CCO)CCC1. The van der Waals surface area contributed by atoms with Crippen LogP contribution < -0.4 is 0 Å². The van der Waals surface area contributed by atoms with Crippen LogP contribution in [0.5, 0.6) is 0 Å². The second kappa shape index (κ2) is 5.26. The van der Waals surface area contributed by atoms with Crippen LogP contribution in [0.1, 0.15) is 44.9 Å². The lowest BCUT2D eigenvalue weighted by Crippen LogP contribution is -2.56. The molecule has 1 atom stereocenters. The second-order valence-corrected chi connectivity index (χ2v) is 5.40. The van der Waals surface area contributed by atoms with Gasteiger partial charge in [0.25, 0.3) is 0 Å². The number of amides is 1. The Bertz CT molecular complexity index is 336. The summed E-state index contributed by atoms with van der Waals surface area (Å²) < 4.78 is 0. The van der Waals surface area contributed by atoms with Crippen molar-refractivity contribution in [3.63, 3.8) is 0 Å². The quantitative estimate of drug-likeness (QED) is 0.735. The maximum Gasteiger partial charge on any atom is 0.319 e. The standard InChI is InChI=1S/C13H21NO4/c15-9-5-10-4-1-2-8-14(10)11(16)13(12(17)18)6-3-7-13/h10,15H,1-9H2,(H,17,18). The van der Waals surface area contributed by atoms with Crippen LogP contribution in [0.3, 0.4) is 0 Å². The van der Waals surface area contributed by atoms with Crippen molar-refractivity contribution < 1.29 is 19.8 Å². The molecule has 0 aromatic heterocycles. The van der Waals surface area contributed by atoms with Crippen LogP contribution in [0.4, 0.5) is 0 Å². The number of nitrogens with zero attached hydrogens (tertiary/aromatic N) is 1. The molecule has 0 aromatic carbocycles. The summed E-state index contributed by atoms with van der Waals surface area (Å²) in [7, 11) is 0. The molecular weight excluding hydrogens is 234 g/mol. The first-order valence-corrected chi connectivity index (χ1v) is 6.77. The van der Waals surface area contributed by atoms with E-state index in [0.29, 0.717) is 25.8 Å². The summed E-state index contributed by atoms with van der Waals surface area (Å²) in [5.41, 5.74) is -1.16. The van der Waals surface area contributed by atoms with Crippen LogP contribution in [0.25, 0.3) is 0 Å². The Kier molecular flexibility index (Phi) is 3.90. The summed E-state index contributed by atoms with van der Waals surface area (Å²) >= 11 is 0. The van der Waals surface area contributed by atoms with Crippen LogP contribution in [-0.4, -0.2) is 46.2 Å². The third-order valence-corrected chi connectivity index (χ3v) is 4.38. The number of aliphatic carboxylic acids is 1. The molecule has 0 aromatic rings. The molecule has 1 saturated heterocycles. The number of aliphatic hydroxyl groups is 1. The average molecular weight is 255 g/mol. The normalized spacial score (nSPS) is 26.5. The van der Waals surface area contributed by atoms with E-state index in [1.54, 1.807) is 4.90 Å². The molecule has 2 rings (SSSR count). The number of rotatable bonds is 4. The number of hydrogen-bond acceptors (Lipinski definition) is 3. The number of aliphatic hydroxyl groups excluding tert-OH is 1. The van der Waals surface area contributed by atoms with E-state index in [1.165, 1.54) is 0 Å². The van der Waals surface area contributed by atoms with E-state index >= 15 is 0 Å². The van der Waals surface area contributed by atoms with Gasteiger partial charge in [-0.3, -0.25) is 9.59 Å². The minimum Gasteiger partial charge on any atom is -0.480 e. The molecule has 0 spiro atoms. The Labute approximate surface area is 107 Å². The van der Waals surface area contributed by atoms with Crippen molar-refractivity contribution in [3.8, 4) is 0 Å². The number of carbonyl (C=O) groups is 2. The predicted molar refractivity (Wildman–Crippen MR) is 65.0 cm³/mol. The Morgan fingerprint density at radius 1 is 1.22 bits per heavy atom. The Morgan fingerprint density at radius 2 is 1.94 bits per heavy atom. The van der Waals surface area contributed by atoms with Crippen molar-refractivity contribution in [2.24, 2.45) is 5.41 Å². The van der Waals surface area contributed by atoms with E-state index in [1.807, 2.05) is 0 Å². The van der Waals surface area contributed by atoms with Crippen molar-refractivity contribution in [2.45, 2.75) is 51.0 Å². The van der Waals surface area contributed by atoms with Gasteiger partial charge in [0.2, 0.25) is 5.91 Å². The molecule has 1 aliphatic heterocycles. The highest BCUT2D eigenvalue weighted by atomic mass is 16.4. The number of hydrogen-bond donors (Lipinski definition) is 2. The van der Waals surface area contributed by atoms with Gasteiger partial charge in [-0.1, -0.05) is 6.42 Å². The molecule has 1 saturated carbocycles. The molecule has 0 radical (unpaired) electrons. The molecule has 102 valence electrons. The number of likely N-dealkylation sites (tertiary alicyclic amines) is 1. The number of piperidine rings is 1. The maximum atomic E-state index is 12.5. The first kappa shape index (κ1) is 13.3. The summed E-state index contributed by atoms with van der Waals surface area (Å²) in [4.78, 5) is 25.6. The molecule has 1 heterocycles. The lowest BCUT2D eigenvalue weighted by Gasteiger charge is -2.44. The lowest BCUT2D eigenvalue weighted by molar-refractivity contribution is -0.169. The van der Waals surface area contributed by atoms with Gasteiger partial charge in [-0.15, -0.1) is 0 Å². The van der Waals surface area contributed by atoms with E-state index in [9.17, 15) is 14.7 Å². The second-order valence-electron chi connectivity index (χ2n) is 5.40. The molecule has 5 nitrogen and oxygen atoms in total. The summed E-state index contributed by atoms with van der Waals surface area (Å²) in [6, 6.07) is 0.0214. The van der Waals surface area contributed by atoms with Crippen molar-refractivity contribution in [3.05, 3.63) is 0 Å². The van der Waals surface area contributed by atoms with Gasteiger partial charge in [0.05, 0.1) is 0 Å². The first-order valence-electron chi connectivity index (χ1n) is 6.77. The smallest absolute Gasteiger partial charge is 0.319 e. The molecular formula is C13H21NO4. The van der Waals surface area contributed by atoms with Crippen LogP contribution in [0.2, 0.25) is 0 Å². The predicted octanol–water partition coefficient (Wildman–Crippen LogP) is 1.00. The van der Waals surface area contributed by atoms with Crippen LogP contribution >= 0.6 is 0 Å². The summed E-state index contributed by atoms with van der Waals surface area (Å²) in [5, 5.41) is 18.4. The number of carboxylic acid groups (broad SMARTS) is 1. The molecule has 18 heavy (non-hydrogen) atoms. The molecule has 2 fully saturated rings. The van der Waals surface area contributed by atoms with Crippen molar-refractivity contribution in [2.75, 3.05) is 13.2 Å². The van der Waals surface area contributed by atoms with Crippen molar-refractivity contribution >= 4 is 11.9 Å². The van der Waals surface area contributed by atoms with Gasteiger partial charge in [0.15, 0.2) is 0 Å². The van der Waals surface area contributed by atoms with Gasteiger partial charge in [-0.2, -0.15) is 0 Å². The Morgan fingerprint density at radius 3 is 2.44 bits per heavy atom. The van der Waals surface area contributed by atoms with E-state index < -0.39 is 11.4 Å². The lowest BCUT2D eigenvalue weighted by atomic mass is 9.67. The summed E-state index contributed by atoms with van der Waals surface area (Å²) in [6.45, 7) is 0.688. The fourth-order valence-corrected chi connectivity index (χ4v) is 3.04. The van der Waals surface area contributed by atoms with Gasteiger partial charge in [-0.25, -0.2) is 0 Å². The maximum absolute atomic E-state index is 12.5. The minimum atomic E-state index is -1.16. The van der Waals surface area contributed by atoms with E-state index in [4.69, 9.17) is 5.11 Å². The summed E-state index contributed by atoms with van der Waals surface area (Å²) in [6.07, 6.45) is 5.16. The van der Waals surface area contributed by atoms with E-state index in [-0.39, 0.29) is 18.6 Å². The third kappa shape index (κ3) is 2.11. The zero-order valence-electron chi connectivity index (χ0n) is 10.6. The van der Waals surface area contributed by atoms with Gasteiger partial charge in [-0.05, 0) is 38.5 Å². The summed E-state index contributed by atoms with van der Waals surface area (Å²) in [5.74, 6) is -1.20. The monoisotopic (exact) mass is 255 g/mol. The fourth-order valence-electron chi connectivity index (χ4n) is 3.04. The molecule has 1 amide bonds. The van der Waals surface area contributed by atoms with Crippen molar-refractivity contribution in [1.82, 2.24) is 4.90 Å². The molecule has 0 bridgehead atoms. The van der Waals surface area contributed by atoms with Crippen LogP contribution in [0.15, 0.2) is 0 Å². The number of carboxylic acids is 1. The topological polar surface area (TPSA) is 77.8 Å². The molecule has 5 heteroatoms. The first-order chi connectivity index (χ1) is 8.62. The van der Waals surface area contributed by atoms with Gasteiger partial charge < -0.3 is 15.1 Å². The highest BCUT2D eigenvalue weighted by Gasteiger charge is 2.53. The van der Waals surface area contributed by atoms with Gasteiger partial charge in [0.1, 0.15) is 5.41 Å². The van der Waals surface area contributed by atoms with Crippen LogP contribution in [-0.2, 0) is 9.59 Å². The Hall–Kier alpha value is -1.10. The van der Waals surface area contributed by atoms with E-state index in [2.05, 4.69) is 0 Å². The van der Waals surface area contributed by atoms with Gasteiger partial charge >= 0.3 is 5.97 Å². The highest BCUT2D eigenvalue weighted by molar-refractivity contribution is 6.03. The minimum absolute atomic E-state index is 0.0214. The average Bonchev–Trinajstić information content (AvgIpc) is 2.28. The Balaban J connectivity index is 2.12. The van der Waals surface area contributed by atoms with Crippen LogP contribution in [0, 0.1) is 5.41 Å². The zero-order chi connectivity index (χ0) is 13.2. The van der Waals surface area contributed by atoms with E-state index in [0.717, 1.165) is 25.7 Å². The highest BCUT2D eigenvalue weighted by Crippen LogP contribution is 2.44. The third-order valence-electron chi connectivity index (χ3n) is 4.38. The molecule has 2 aliphatic rings. The fraction of sp³-hybridized carbons (Fsp3) is 0.846. The number of carbonyl (C=O) groups excluding carboxylic acids is 1. The zero-order valence-corrected chi connectivity index (χ0v) is 10.6.